The molecule has 4 heteroatoms. The summed E-state index contributed by atoms with van der Waals surface area (Å²) in [5.41, 5.74) is 5.86. The van der Waals surface area contributed by atoms with Crippen molar-refractivity contribution in [3.8, 4) is 9.40 Å². The molecule has 0 radical (unpaired) electrons. The van der Waals surface area contributed by atoms with E-state index in [1.807, 2.05) is 0 Å². The van der Waals surface area contributed by atoms with Crippen molar-refractivity contribution in [3.63, 3.8) is 0 Å². The van der Waals surface area contributed by atoms with Crippen molar-refractivity contribution in [2.24, 2.45) is 11.7 Å². The topological polar surface area (TPSA) is 26.0 Å². The summed E-state index contributed by atoms with van der Waals surface area (Å²) in [5, 5.41) is 0. The van der Waals surface area contributed by atoms with Gasteiger partial charge in [-0.25, -0.2) is 0 Å². The quantitative estimate of drug-likeness (QED) is 0.386. The van der Waals surface area contributed by atoms with Crippen molar-refractivity contribution in [3.05, 3.63) is 0 Å². The van der Waals surface area contributed by atoms with Gasteiger partial charge in [0.05, 0.1) is 0 Å². The number of hydrogen-bond donors (Lipinski definition) is 1. The Hall–Kier alpha value is 1.09. The molecule has 0 aliphatic heterocycles. The van der Waals surface area contributed by atoms with E-state index < -0.39 is 23.1 Å². The molecule has 1 aliphatic carbocycles. The molecular formula is C8H12NPSTl+. The summed E-state index contributed by atoms with van der Waals surface area (Å²) in [4.78, 5) is 0. The molecule has 62 valence electrons. The Balaban J connectivity index is 2.43. The van der Waals surface area contributed by atoms with Crippen LogP contribution in [0, 0.1) is 15.3 Å². The van der Waals surface area contributed by atoms with Gasteiger partial charge in [0.25, 0.3) is 0 Å². The third-order valence-electron chi connectivity index (χ3n) is 2.12. The van der Waals surface area contributed by atoms with Crippen LogP contribution in [0.1, 0.15) is 25.7 Å². The molecule has 1 aliphatic rings. The standard InChI is InChI=1S/C8H12N.PS.Tl/c1-2-7-4-3-5-8(9)6-7;1-2;/h7-8H,3-6,9H2;;/q;-1;+2. The van der Waals surface area contributed by atoms with Crippen molar-refractivity contribution in [1.29, 1.82) is 0 Å². The molecule has 12 heavy (non-hydrogen) atoms. The van der Waals surface area contributed by atoms with E-state index in [0.717, 1.165) is 6.42 Å². The molecule has 0 saturated heterocycles. The van der Waals surface area contributed by atoms with Crippen LogP contribution < -0.4 is 5.73 Å². The van der Waals surface area contributed by atoms with Crippen LogP contribution in [0.4, 0.5) is 0 Å². The number of hydrogen-bond acceptors (Lipinski definition) is 2. The van der Waals surface area contributed by atoms with Gasteiger partial charge >= 0.3 is 91.7 Å². The van der Waals surface area contributed by atoms with Crippen LogP contribution >= 0.6 is 4.00 Å². The van der Waals surface area contributed by atoms with E-state index >= 15 is 0 Å². The third kappa shape index (κ3) is 4.36. The molecular weight excluding hydrogens is 378 g/mol. The fourth-order valence-corrected chi connectivity index (χ4v) is 5.46. The van der Waals surface area contributed by atoms with Crippen LogP contribution in [0.3, 0.4) is 0 Å². The van der Waals surface area contributed by atoms with Gasteiger partial charge < -0.3 is 0 Å². The first-order chi connectivity index (χ1) is 5.83. The molecule has 0 aromatic carbocycles. The van der Waals surface area contributed by atoms with E-state index in [0.29, 0.717) is 12.0 Å². The molecule has 1 saturated carbocycles. The number of rotatable bonds is 0. The molecule has 2 unspecified atom stereocenters. The summed E-state index contributed by atoms with van der Waals surface area (Å²) in [5.74, 6) is 3.94. The van der Waals surface area contributed by atoms with Crippen LogP contribution in [0.2, 0.25) is 0 Å². The van der Waals surface area contributed by atoms with Gasteiger partial charge in [-0.3, -0.25) is 0 Å². The summed E-state index contributed by atoms with van der Waals surface area (Å²) < 4.78 is 4.48. The SMILES string of the molecule is NC1CCCC(C#[C][Tl]=[P+]=S)C1. The van der Waals surface area contributed by atoms with Crippen molar-refractivity contribution < 1.29 is 0 Å². The van der Waals surface area contributed by atoms with Gasteiger partial charge in [-0.05, 0) is 0 Å². The Labute approximate surface area is 91.1 Å². The van der Waals surface area contributed by atoms with E-state index in [1.165, 1.54) is 23.3 Å². The second-order valence-corrected chi connectivity index (χ2v) is 15.8. The second kappa shape index (κ2) is 6.53. The van der Waals surface area contributed by atoms with E-state index in [9.17, 15) is 0 Å². The Morgan fingerprint density at radius 3 is 3.00 bits per heavy atom. The summed E-state index contributed by atoms with van der Waals surface area (Å²) in [7, 11) is 0. The maximum atomic E-state index is 5.86. The molecule has 0 aromatic heterocycles. The molecule has 0 bridgehead atoms. The van der Waals surface area contributed by atoms with E-state index in [2.05, 4.69) is 9.40 Å². The minimum absolute atomic E-state index is 0.411. The Kier molecular flexibility index (Phi) is 6.08. The van der Waals surface area contributed by atoms with Gasteiger partial charge in [0, 0.05) is 0 Å². The fourth-order valence-electron chi connectivity index (χ4n) is 1.54. The van der Waals surface area contributed by atoms with Crippen molar-refractivity contribution >= 4 is 38.9 Å². The van der Waals surface area contributed by atoms with Gasteiger partial charge in [-0.15, -0.1) is 0 Å². The molecule has 1 rings (SSSR count). The monoisotopic (exact) mass is 390 g/mol. The zero-order valence-electron chi connectivity index (χ0n) is 6.99. The van der Waals surface area contributed by atoms with Gasteiger partial charge in [0.1, 0.15) is 0 Å². The first-order valence-electron chi connectivity index (χ1n) is 4.23. The normalized spacial score (nSPS) is 28.1. The maximum absolute atomic E-state index is 5.86. The van der Waals surface area contributed by atoms with E-state index in [-0.39, 0.29) is 0 Å². The summed E-state index contributed by atoms with van der Waals surface area (Å²) in [6, 6.07) is 0.411. The molecule has 2 N–H and O–H groups in total. The van der Waals surface area contributed by atoms with Gasteiger partial charge in [0.2, 0.25) is 0 Å². The summed E-state index contributed by atoms with van der Waals surface area (Å²) in [6.45, 7) is 0. The summed E-state index contributed by atoms with van der Waals surface area (Å²) >= 11 is 4.08. The van der Waals surface area contributed by atoms with Crippen molar-refractivity contribution in [2.45, 2.75) is 31.7 Å². The zero-order chi connectivity index (χ0) is 8.81. The fraction of sp³-hybridized carbons (Fsp3) is 0.750. The second-order valence-electron chi connectivity index (χ2n) is 3.15. The molecule has 0 aromatic rings. The van der Waals surface area contributed by atoms with Crippen LogP contribution in [0.25, 0.3) is 0 Å². The van der Waals surface area contributed by atoms with Gasteiger partial charge in [-0.1, -0.05) is 0 Å². The Morgan fingerprint density at radius 2 is 2.33 bits per heavy atom. The average Bonchev–Trinajstić information content (AvgIpc) is 2.05. The predicted molar refractivity (Wildman–Crippen MR) is 57.7 cm³/mol. The Morgan fingerprint density at radius 1 is 1.50 bits per heavy atom. The van der Waals surface area contributed by atoms with E-state index in [4.69, 9.17) is 17.5 Å². The van der Waals surface area contributed by atoms with Crippen LogP contribution in [-0.2, 0) is 11.8 Å². The molecule has 1 fully saturated rings. The van der Waals surface area contributed by atoms with Crippen LogP contribution in [0.15, 0.2) is 0 Å². The molecule has 1 nitrogen and oxygen atoms in total. The predicted octanol–water partition coefficient (Wildman–Crippen LogP) is 1.49. The van der Waals surface area contributed by atoms with Crippen LogP contribution in [-0.4, -0.2) is 29.1 Å². The van der Waals surface area contributed by atoms with Gasteiger partial charge in [-0.2, -0.15) is 0 Å². The molecule has 0 heterocycles. The van der Waals surface area contributed by atoms with Crippen molar-refractivity contribution in [1.82, 2.24) is 0 Å². The van der Waals surface area contributed by atoms with Crippen LogP contribution in [0.5, 0.6) is 0 Å². The van der Waals surface area contributed by atoms with E-state index in [1.54, 1.807) is 0 Å². The average molecular weight is 390 g/mol. The minimum atomic E-state index is -0.800. The molecule has 0 amide bonds. The third-order valence-corrected chi connectivity index (χ3v) is 8.51. The van der Waals surface area contributed by atoms with Crippen molar-refractivity contribution in [2.75, 3.05) is 0 Å². The Bertz CT molecular complexity index is 252. The first-order valence-corrected chi connectivity index (χ1v) is 14.5. The van der Waals surface area contributed by atoms with Gasteiger partial charge in [0.15, 0.2) is 0 Å². The number of nitrogens with two attached hydrogens (primary N) is 1. The molecule has 0 spiro atoms. The zero-order valence-corrected chi connectivity index (χ0v) is 13.2. The first kappa shape index (κ1) is 11.2. The molecule has 2 atom stereocenters. The summed E-state index contributed by atoms with van der Waals surface area (Å²) in [6.07, 6.45) is 4.84.